The van der Waals surface area contributed by atoms with Crippen molar-refractivity contribution in [3.8, 4) is 5.95 Å². The highest BCUT2D eigenvalue weighted by atomic mass is 16.7. The van der Waals surface area contributed by atoms with E-state index in [1.165, 1.54) is 10.9 Å². The number of nitrogens with one attached hydrogen (secondary N) is 3. The third kappa shape index (κ3) is 2.51. The van der Waals surface area contributed by atoms with Gasteiger partial charge in [0, 0.05) is 18.6 Å². The van der Waals surface area contributed by atoms with Crippen LogP contribution in [-0.4, -0.2) is 44.2 Å². The molecule has 1 fully saturated rings. The highest BCUT2D eigenvalue weighted by molar-refractivity contribution is 5.97. The van der Waals surface area contributed by atoms with Gasteiger partial charge in [0.25, 0.3) is 17.4 Å². The largest absolute Gasteiger partial charge is 0.338 e. The van der Waals surface area contributed by atoms with E-state index in [9.17, 15) is 14.4 Å². The minimum Gasteiger partial charge on any atom is -0.338 e. The fourth-order valence-corrected chi connectivity index (χ4v) is 1.74. The predicted molar refractivity (Wildman–Crippen MR) is 67.3 cm³/mol. The number of nitrogens with zero attached hydrogens (tertiary/aromatic N) is 3. The lowest BCUT2D eigenvalue weighted by molar-refractivity contribution is -0.125. The van der Waals surface area contributed by atoms with Crippen molar-refractivity contribution in [1.82, 2.24) is 30.5 Å². The van der Waals surface area contributed by atoms with E-state index in [0.717, 1.165) is 6.20 Å². The lowest BCUT2D eigenvalue weighted by atomic mass is 10.2. The second kappa shape index (κ2) is 5.17. The molecule has 3 N–H and O–H groups in total. The Morgan fingerprint density at radius 1 is 1.48 bits per heavy atom. The molecule has 2 aromatic heterocycles. The molecular weight excluding hydrogens is 280 g/mol. The second-order valence-electron chi connectivity index (χ2n) is 4.20. The zero-order chi connectivity index (χ0) is 14.8. The summed E-state index contributed by atoms with van der Waals surface area (Å²) in [5.41, 5.74) is 1.27. The maximum absolute atomic E-state index is 11.9. The Bertz CT molecular complexity index is 737. The number of amides is 2. The van der Waals surface area contributed by atoms with Crippen molar-refractivity contribution < 1.29 is 14.4 Å². The highest BCUT2D eigenvalue weighted by Gasteiger charge is 2.28. The number of H-pyrrole nitrogens is 1. The number of aromatic amines is 1. The summed E-state index contributed by atoms with van der Waals surface area (Å²) in [5.74, 6) is -0.995. The topological polar surface area (TPSA) is 131 Å². The monoisotopic (exact) mass is 290 g/mol. The quantitative estimate of drug-likeness (QED) is 0.606. The third-order valence-corrected chi connectivity index (χ3v) is 2.80. The van der Waals surface area contributed by atoms with E-state index in [4.69, 9.17) is 0 Å². The van der Waals surface area contributed by atoms with Gasteiger partial charge in [-0.1, -0.05) is 0 Å². The van der Waals surface area contributed by atoms with Gasteiger partial charge in [-0.25, -0.2) is 15.1 Å². The Morgan fingerprint density at radius 2 is 2.33 bits per heavy atom. The summed E-state index contributed by atoms with van der Waals surface area (Å²) in [5, 5.41) is 6.29. The van der Waals surface area contributed by atoms with Crippen molar-refractivity contribution in [1.29, 1.82) is 0 Å². The number of carbonyl (C=O) groups excluding carboxylic acids is 2. The van der Waals surface area contributed by atoms with Gasteiger partial charge in [-0.3, -0.25) is 24.2 Å². The number of hydroxylamine groups is 1. The first-order valence-corrected chi connectivity index (χ1v) is 5.97. The molecular formula is C11H10N6O4. The van der Waals surface area contributed by atoms with Crippen LogP contribution in [0.4, 0.5) is 0 Å². The van der Waals surface area contributed by atoms with Crippen molar-refractivity contribution in [2.75, 3.05) is 6.61 Å². The van der Waals surface area contributed by atoms with Crippen molar-refractivity contribution in [2.45, 2.75) is 6.04 Å². The molecule has 0 aromatic carbocycles. The van der Waals surface area contributed by atoms with Crippen molar-refractivity contribution >= 4 is 11.8 Å². The van der Waals surface area contributed by atoms with Crippen molar-refractivity contribution in [2.24, 2.45) is 0 Å². The van der Waals surface area contributed by atoms with Gasteiger partial charge in [-0.15, -0.1) is 0 Å². The normalized spacial score (nSPS) is 17.5. The lowest BCUT2D eigenvalue weighted by Crippen LogP contribution is -2.43. The zero-order valence-corrected chi connectivity index (χ0v) is 10.6. The first kappa shape index (κ1) is 13.0. The molecule has 2 aromatic rings. The molecule has 10 heteroatoms. The van der Waals surface area contributed by atoms with Gasteiger partial charge in [0.05, 0.1) is 0 Å². The number of aromatic nitrogens is 4. The van der Waals surface area contributed by atoms with Crippen LogP contribution in [-0.2, 0) is 9.63 Å². The van der Waals surface area contributed by atoms with Crippen LogP contribution >= 0.6 is 0 Å². The van der Waals surface area contributed by atoms with Gasteiger partial charge in [0.15, 0.2) is 0 Å². The predicted octanol–water partition coefficient (Wildman–Crippen LogP) is -1.88. The maximum atomic E-state index is 11.9. The Kier molecular flexibility index (Phi) is 3.20. The summed E-state index contributed by atoms with van der Waals surface area (Å²) in [6, 6.07) is 0.835. The van der Waals surface area contributed by atoms with Crippen LogP contribution < -0.4 is 16.4 Å². The van der Waals surface area contributed by atoms with E-state index in [2.05, 4.69) is 30.7 Å². The summed E-state index contributed by atoms with van der Waals surface area (Å²) in [6.45, 7) is 0.00127. The maximum Gasteiger partial charge on any atom is 0.268 e. The molecule has 3 heterocycles. The van der Waals surface area contributed by atoms with Crippen LogP contribution in [0.15, 0.2) is 29.5 Å². The third-order valence-electron chi connectivity index (χ3n) is 2.80. The number of rotatable bonds is 3. The average Bonchev–Trinajstić information content (AvgIpc) is 3.11. The lowest BCUT2D eigenvalue weighted by Gasteiger charge is -2.08. The smallest absolute Gasteiger partial charge is 0.268 e. The molecule has 108 valence electrons. The molecule has 1 saturated heterocycles. The standard InChI is InChI=1S/C11H10N6O4/c18-8(14-7-5-21-16-10(7)20)6-4-12-11(15-9(6)19)17-3-1-2-13-17/h1-4,7H,5H2,(H,14,18)(H,16,20)(H,12,15,19). The van der Waals surface area contributed by atoms with Gasteiger partial charge in [0.2, 0.25) is 5.95 Å². The molecule has 0 aliphatic carbocycles. The average molecular weight is 290 g/mol. The van der Waals surface area contributed by atoms with Gasteiger partial charge in [0.1, 0.15) is 18.2 Å². The fraction of sp³-hybridized carbons (Fsp3) is 0.182. The van der Waals surface area contributed by atoms with E-state index in [0.29, 0.717) is 0 Å². The van der Waals surface area contributed by atoms with E-state index >= 15 is 0 Å². The Morgan fingerprint density at radius 3 is 2.95 bits per heavy atom. The highest BCUT2D eigenvalue weighted by Crippen LogP contribution is 1.99. The molecule has 10 nitrogen and oxygen atoms in total. The van der Waals surface area contributed by atoms with E-state index in [1.807, 2.05) is 0 Å². The minimum absolute atomic E-state index is 0.00127. The Balaban J connectivity index is 1.81. The Labute approximate surface area is 117 Å². The van der Waals surface area contributed by atoms with E-state index in [1.54, 1.807) is 12.3 Å². The van der Waals surface area contributed by atoms with Gasteiger partial charge >= 0.3 is 0 Å². The fourth-order valence-electron chi connectivity index (χ4n) is 1.74. The number of carbonyl (C=O) groups is 2. The molecule has 1 aliphatic heterocycles. The summed E-state index contributed by atoms with van der Waals surface area (Å²) < 4.78 is 1.35. The molecule has 3 rings (SSSR count). The van der Waals surface area contributed by atoms with Gasteiger partial charge in [-0.05, 0) is 6.07 Å². The molecule has 1 unspecified atom stereocenters. The second-order valence-corrected chi connectivity index (χ2v) is 4.20. The molecule has 1 aliphatic rings. The SMILES string of the molecule is O=C(NC1CONC1=O)c1cnc(-n2cccn2)[nH]c1=O. The molecule has 0 spiro atoms. The number of hydrogen-bond acceptors (Lipinski definition) is 6. The summed E-state index contributed by atoms with van der Waals surface area (Å²) in [7, 11) is 0. The number of hydrogen-bond donors (Lipinski definition) is 3. The van der Waals surface area contributed by atoms with E-state index < -0.39 is 23.4 Å². The van der Waals surface area contributed by atoms with Gasteiger partial charge < -0.3 is 5.32 Å². The molecule has 2 amide bonds. The Hall–Kier alpha value is -3.01. The van der Waals surface area contributed by atoms with Crippen LogP contribution in [0.5, 0.6) is 0 Å². The molecule has 21 heavy (non-hydrogen) atoms. The van der Waals surface area contributed by atoms with Crippen LogP contribution in [0.3, 0.4) is 0 Å². The molecule has 0 radical (unpaired) electrons. The van der Waals surface area contributed by atoms with Crippen molar-refractivity contribution in [3.63, 3.8) is 0 Å². The van der Waals surface area contributed by atoms with E-state index in [-0.39, 0.29) is 18.1 Å². The summed E-state index contributed by atoms with van der Waals surface area (Å²) >= 11 is 0. The first-order chi connectivity index (χ1) is 10.1. The first-order valence-electron chi connectivity index (χ1n) is 5.97. The van der Waals surface area contributed by atoms with Crippen LogP contribution in [0.1, 0.15) is 10.4 Å². The van der Waals surface area contributed by atoms with Crippen LogP contribution in [0.2, 0.25) is 0 Å². The molecule has 1 atom stereocenters. The van der Waals surface area contributed by atoms with Crippen molar-refractivity contribution in [3.05, 3.63) is 40.6 Å². The minimum atomic E-state index is -0.831. The zero-order valence-electron chi connectivity index (χ0n) is 10.6. The molecule has 0 saturated carbocycles. The van der Waals surface area contributed by atoms with Gasteiger partial charge in [-0.2, -0.15) is 5.10 Å². The summed E-state index contributed by atoms with van der Waals surface area (Å²) in [4.78, 5) is 46.2. The van der Waals surface area contributed by atoms with Crippen LogP contribution in [0.25, 0.3) is 5.95 Å². The molecule has 0 bridgehead atoms. The summed E-state index contributed by atoms with van der Waals surface area (Å²) in [6.07, 6.45) is 4.25. The van der Waals surface area contributed by atoms with Crippen LogP contribution in [0, 0.1) is 0 Å².